The molecule has 1 saturated carbocycles. The highest BCUT2D eigenvalue weighted by Crippen LogP contribution is 2.34. The summed E-state index contributed by atoms with van der Waals surface area (Å²) >= 11 is 0. The maximum Gasteiger partial charge on any atom is 0.223 e. The molecule has 4 heteroatoms. The molecule has 1 fully saturated rings. The number of rotatable bonds is 3. The van der Waals surface area contributed by atoms with Crippen molar-refractivity contribution in [3.05, 3.63) is 29.8 Å². The lowest BCUT2D eigenvalue weighted by Crippen LogP contribution is -2.32. The van der Waals surface area contributed by atoms with Gasteiger partial charge >= 0.3 is 0 Å². The largest absolute Gasteiger partial charge is 0.356 e. The van der Waals surface area contributed by atoms with E-state index in [0.717, 1.165) is 31.4 Å². The maximum atomic E-state index is 12.8. The summed E-state index contributed by atoms with van der Waals surface area (Å²) in [5.41, 5.74) is 0.950. The molecule has 1 heterocycles. The van der Waals surface area contributed by atoms with Crippen LogP contribution in [-0.4, -0.2) is 17.4 Å². The monoisotopic (exact) mass is 250 g/mol. The molecule has 1 aromatic heterocycles. The van der Waals surface area contributed by atoms with Crippen LogP contribution in [0.25, 0.3) is 0 Å². The molecule has 0 unspecified atom stereocenters. The number of carbonyl (C=O) groups is 1. The first kappa shape index (κ1) is 13.0. The second kappa shape index (κ2) is 5.94. The van der Waals surface area contributed by atoms with Crippen LogP contribution in [0.3, 0.4) is 0 Å². The third kappa shape index (κ3) is 3.06. The summed E-state index contributed by atoms with van der Waals surface area (Å²) in [5, 5.41) is 2.87. The molecule has 1 aliphatic carbocycles. The first-order chi connectivity index (χ1) is 8.70. The van der Waals surface area contributed by atoms with E-state index in [1.165, 1.54) is 12.3 Å². The Bertz CT molecular complexity index is 397. The Hall–Kier alpha value is -1.45. The van der Waals surface area contributed by atoms with Gasteiger partial charge < -0.3 is 5.32 Å². The fraction of sp³-hybridized carbons (Fsp3) is 0.571. The van der Waals surface area contributed by atoms with E-state index in [4.69, 9.17) is 0 Å². The van der Waals surface area contributed by atoms with Gasteiger partial charge in [0, 0.05) is 24.1 Å². The lowest BCUT2D eigenvalue weighted by atomic mass is 9.80. The molecule has 0 bridgehead atoms. The summed E-state index contributed by atoms with van der Waals surface area (Å²) in [6, 6.07) is 3.21. The van der Waals surface area contributed by atoms with Crippen LogP contribution >= 0.6 is 0 Å². The van der Waals surface area contributed by atoms with Gasteiger partial charge in [0.15, 0.2) is 0 Å². The average molecular weight is 250 g/mol. The van der Waals surface area contributed by atoms with Crippen LogP contribution in [0.5, 0.6) is 0 Å². The molecule has 1 aliphatic rings. The Morgan fingerprint density at radius 1 is 1.39 bits per heavy atom. The highest BCUT2D eigenvalue weighted by molar-refractivity contribution is 5.78. The van der Waals surface area contributed by atoms with Gasteiger partial charge in [0.2, 0.25) is 5.91 Å². The predicted molar refractivity (Wildman–Crippen MR) is 67.6 cm³/mol. The lowest BCUT2D eigenvalue weighted by Gasteiger charge is -2.27. The third-order valence-corrected chi connectivity index (χ3v) is 3.62. The van der Waals surface area contributed by atoms with E-state index in [1.54, 1.807) is 6.07 Å². The topological polar surface area (TPSA) is 42.0 Å². The van der Waals surface area contributed by atoms with E-state index < -0.39 is 0 Å². The molecule has 98 valence electrons. The number of halogens is 1. The van der Waals surface area contributed by atoms with Crippen LogP contribution in [0.4, 0.5) is 4.39 Å². The molecule has 3 nitrogen and oxygen atoms in total. The Kier molecular flexibility index (Phi) is 4.28. The molecule has 1 amide bonds. The van der Waals surface area contributed by atoms with E-state index >= 15 is 0 Å². The van der Waals surface area contributed by atoms with Crippen molar-refractivity contribution in [1.82, 2.24) is 10.3 Å². The molecule has 0 radical (unpaired) electrons. The fourth-order valence-electron chi connectivity index (χ4n) is 2.60. The lowest BCUT2D eigenvalue weighted by molar-refractivity contribution is -0.125. The van der Waals surface area contributed by atoms with Crippen molar-refractivity contribution in [1.29, 1.82) is 0 Å². The Morgan fingerprint density at radius 3 is 2.67 bits per heavy atom. The second-order valence-corrected chi connectivity index (χ2v) is 4.84. The number of amides is 1. The van der Waals surface area contributed by atoms with Gasteiger partial charge in [-0.15, -0.1) is 0 Å². The van der Waals surface area contributed by atoms with Crippen LogP contribution < -0.4 is 5.32 Å². The van der Waals surface area contributed by atoms with Gasteiger partial charge in [-0.1, -0.05) is 0 Å². The van der Waals surface area contributed by atoms with Crippen LogP contribution in [0.1, 0.15) is 44.2 Å². The van der Waals surface area contributed by atoms with Gasteiger partial charge in [-0.05, 0) is 44.7 Å². The maximum absolute atomic E-state index is 12.8. The van der Waals surface area contributed by atoms with E-state index in [9.17, 15) is 9.18 Å². The summed E-state index contributed by atoms with van der Waals surface area (Å²) in [6.07, 6.45) is 4.98. The smallest absolute Gasteiger partial charge is 0.223 e. The molecule has 18 heavy (non-hydrogen) atoms. The minimum Gasteiger partial charge on any atom is -0.356 e. The van der Waals surface area contributed by atoms with Crippen molar-refractivity contribution in [2.75, 3.05) is 6.54 Å². The average Bonchev–Trinajstić information content (AvgIpc) is 2.40. The minimum atomic E-state index is -0.297. The van der Waals surface area contributed by atoms with Gasteiger partial charge in [0.25, 0.3) is 0 Å². The summed E-state index contributed by atoms with van der Waals surface area (Å²) in [4.78, 5) is 15.8. The number of pyridine rings is 1. The number of nitrogens with one attached hydrogen (secondary N) is 1. The number of carbonyl (C=O) groups excluding carboxylic acids is 1. The Balaban J connectivity index is 1.90. The number of nitrogens with zero attached hydrogens (tertiary/aromatic N) is 1. The van der Waals surface area contributed by atoms with Crippen molar-refractivity contribution >= 4 is 5.91 Å². The highest BCUT2D eigenvalue weighted by Gasteiger charge is 2.27. The van der Waals surface area contributed by atoms with Crippen molar-refractivity contribution in [3.63, 3.8) is 0 Å². The van der Waals surface area contributed by atoms with Gasteiger partial charge in [0.1, 0.15) is 5.82 Å². The van der Waals surface area contributed by atoms with Crippen molar-refractivity contribution in [2.45, 2.75) is 38.5 Å². The van der Waals surface area contributed by atoms with Crippen molar-refractivity contribution < 1.29 is 9.18 Å². The zero-order valence-corrected chi connectivity index (χ0v) is 10.7. The summed E-state index contributed by atoms with van der Waals surface area (Å²) in [5.74, 6) is 0.385. The van der Waals surface area contributed by atoms with E-state index in [0.29, 0.717) is 12.5 Å². The molecule has 0 spiro atoms. The predicted octanol–water partition coefficient (Wildman–Crippen LogP) is 2.63. The zero-order chi connectivity index (χ0) is 13.0. The van der Waals surface area contributed by atoms with Crippen LogP contribution in [0.15, 0.2) is 18.3 Å². The number of hydrogen-bond acceptors (Lipinski definition) is 2. The molecular formula is C14H19FN2O. The molecule has 1 N–H and O–H groups in total. The second-order valence-electron chi connectivity index (χ2n) is 4.84. The molecular weight excluding hydrogens is 231 g/mol. The van der Waals surface area contributed by atoms with E-state index in [2.05, 4.69) is 10.3 Å². The van der Waals surface area contributed by atoms with Crippen LogP contribution in [-0.2, 0) is 4.79 Å². The highest BCUT2D eigenvalue weighted by atomic mass is 19.1. The van der Waals surface area contributed by atoms with Gasteiger partial charge in [-0.2, -0.15) is 0 Å². The first-order valence-electron chi connectivity index (χ1n) is 6.60. The quantitative estimate of drug-likeness (QED) is 0.896. The molecule has 0 saturated heterocycles. The normalized spacial score (nSPS) is 23.7. The zero-order valence-electron chi connectivity index (χ0n) is 10.7. The van der Waals surface area contributed by atoms with Gasteiger partial charge in [-0.3, -0.25) is 9.78 Å². The van der Waals surface area contributed by atoms with Gasteiger partial charge in [0.05, 0.1) is 6.20 Å². The van der Waals surface area contributed by atoms with Crippen molar-refractivity contribution in [3.8, 4) is 0 Å². The first-order valence-corrected chi connectivity index (χ1v) is 6.60. The molecule has 0 aliphatic heterocycles. The van der Waals surface area contributed by atoms with E-state index in [-0.39, 0.29) is 17.6 Å². The van der Waals surface area contributed by atoms with E-state index in [1.807, 2.05) is 6.92 Å². The SMILES string of the molecule is CCNC(=O)C1CCC(c2ccc(F)cn2)CC1. The van der Waals surface area contributed by atoms with Crippen LogP contribution in [0.2, 0.25) is 0 Å². The Morgan fingerprint density at radius 2 is 2.11 bits per heavy atom. The minimum absolute atomic E-state index is 0.140. The van der Waals surface area contributed by atoms with Crippen molar-refractivity contribution in [2.24, 2.45) is 5.92 Å². The summed E-state index contributed by atoms with van der Waals surface area (Å²) in [6.45, 7) is 2.63. The molecule has 0 aromatic carbocycles. The summed E-state index contributed by atoms with van der Waals surface area (Å²) < 4.78 is 12.8. The summed E-state index contributed by atoms with van der Waals surface area (Å²) in [7, 11) is 0. The molecule has 2 rings (SSSR count). The van der Waals surface area contributed by atoms with Gasteiger partial charge in [-0.25, -0.2) is 4.39 Å². The fourth-order valence-corrected chi connectivity index (χ4v) is 2.60. The third-order valence-electron chi connectivity index (χ3n) is 3.62. The molecule has 0 atom stereocenters. The number of aromatic nitrogens is 1. The molecule has 1 aromatic rings. The Labute approximate surface area is 107 Å². The van der Waals surface area contributed by atoms with Crippen LogP contribution in [0, 0.1) is 11.7 Å². The number of hydrogen-bond donors (Lipinski definition) is 1. The standard InChI is InChI=1S/C14H19FN2O/c1-2-16-14(18)11-5-3-10(4-6-11)13-8-7-12(15)9-17-13/h7-11H,2-6H2,1H3,(H,16,18).